The Hall–Kier alpha value is -2.31. The van der Waals surface area contributed by atoms with E-state index in [2.05, 4.69) is 15.6 Å². The number of carbonyl (C=O) groups is 2. The van der Waals surface area contributed by atoms with E-state index in [0.29, 0.717) is 0 Å². The van der Waals surface area contributed by atoms with Gasteiger partial charge >= 0.3 is 5.97 Å². The molecule has 0 unspecified atom stereocenters. The number of nitrogens with zero attached hydrogens (tertiary/aromatic N) is 1. The average molecular weight is 266 g/mol. The number of hydrogen-bond acceptors (Lipinski definition) is 5. The van der Waals surface area contributed by atoms with Crippen LogP contribution in [-0.2, 0) is 4.79 Å². The SMILES string of the molecule is CC(C)(C)NC(=O)CNc1nc(C(=O)O)ccc1N. The van der Waals surface area contributed by atoms with Gasteiger partial charge in [0.2, 0.25) is 5.91 Å². The summed E-state index contributed by atoms with van der Waals surface area (Å²) in [5.41, 5.74) is 5.47. The Bertz CT molecular complexity index is 494. The van der Waals surface area contributed by atoms with Gasteiger partial charge in [0, 0.05) is 5.54 Å². The van der Waals surface area contributed by atoms with Crippen LogP contribution in [-0.4, -0.2) is 34.1 Å². The summed E-state index contributed by atoms with van der Waals surface area (Å²) in [5, 5.41) is 14.3. The molecule has 5 N–H and O–H groups in total. The molecule has 0 saturated carbocycles. The zero-order valence-electron chi connectivity index (χ0n) is 11.2. The van der Waals surface area contributed by atoms with Gasteiger partial charge in [-0.2, -0.15) is 0 Å². The first kappa shape index (κ1) is 14.7. The molecule has 0 saturated heterocycles. The second-order valence-electron chi connectivity index (χ2n) is 5.09. The van der Waals surface area contributed by atoms with E-state index < -0.39 is 5.97 Å². The molecule has 104 valence electrons. The number of nitrogens with two attached hydrogens (primary N) is 1. The van der Waals surface area contributed by atoms with Crippen LogP contribution in [0.4, 0.5) is 11.5 Å². The van der Waals surface area contributed by atoms with Crippen LogP contribution in [0.2, 0.25) is 0 Å². The lowest BCUT2D eigenvalue weighted by Gasteiger charge is -2.20. The van der Waals surface area contributed by atoms with Crippen molar-refractivity contribution in [3.05, 3.63) is 17.8 Å². The van der Waals surface area contributed by atoms with Crippen molar-refractivity contribution < 1.29 is 14.7 Å². The highest BCUT2D eigenvalue weighted by atomic mass is 16.4. The molecule has 0 aromatic carbocycles. The van der Waals surface area contributed by atoms with Crippen LogP contribution in [0.25, 0.3) is 0 Å². The second-order valence-corrected chi connectivity index (χ2v) is 5.09. The number of carbonyl (C=O) groups excluding carboxylic acids is 1. The lowest BCUT2D eigenvalue weighted by molar-refractivity contribution is -0.120. The van der Waals surface area contributed by atoms with Gasteiger partial charge < -0.3 is 21.5 Å². The summed E-state index contributed by atoms with van der Waals surface area (Å²) < 4.78 is 0. The van der Waals surface area contributed by atoms with Crippen LogP contribution < -0.4 is 16.4 Å². The van der Waals surface area contributed by atoms with E-state index in [9.17, 15) is 9.59 Å². The Morgan fingerprint density at radius 2 is 2.00 bits per heavy atom. The third-order valence-corrected chi connectivity index (χ3v) is 2.08. The maximum Gasteiger partial charge on any atom is 0.354 e. The molecule has 0 aliphatic heterocycles. The fourth-order valence-corrected chi connectivity index (χ4v) is 1.36. The largest absolute Gasteiger partial charge is 0.477 e. The van der Waals surface area contributed by atoms with Gasteiger partial charge in [0.15, 0.2) is 11.5 Å². The minimum Gasteiger partial charge on any atom is -0.477 e. The van der Waals surface area contributed by atoms with Gasteiger partial charge in [0.25, 0.3) is 0 Å². The zero-order valence-corrected chi connectivity index (χ0v) is 11.2. The minimum atomic E-state index is -1.15. The first-order valence-electron chi connectivity index (χ1n) is 5.74. The first-order chi connectivity index (χ1) is 8.69. The molecule has 1 aromatic rings. The van der Waals surface area contributed by atoms with E-state index in [1.54, 1.807) is 0 Å². The summed E-state index contributed by atoms with van der Waals surface area (Å²) in [6.07, 6.45) is 0. The molecule has 0 atom stereocenters. The molecule has 19 heavy (non-hydrogen) atoms. The van der Waals surface area contributed by atoms with Crippen molar-refractivity contribution in [1.82, 2.24) is 10.3 Å². The van der Waals surface area contributed by atoms with Crippen molar-refractivity contribution >= 4 is 23.4 Å². The van der Waals surface area contributed by atoms with Crippen LogP contribution in [0, 0.1) is 0 Å². The molecule has 0 spiro atoms. The smallest absolute Gasteiger partial charge is 0.354 e. The average Bonchev–Trinajstić information content (AvgIpc) is 2.25. The molecule has 0 radical (unpaired) electrons. The monoisotopic (exact) mass is 266 g/mol. The molecule has 7 heteroatoms. The van der Waals surface area contributed by atoms with E-state index >= 15 is 0 Å². The van der Waals surface area contributed by atoms with Crippen LogP contribution in [0.15, 0.2) is 12.1 Å². The summed E-state index contributed by atoms with van der Waals surface area (Å²) in [6, 6.07) is 2.73. The van der Waals surface area contributed by atoms with Gasteiger partial charge in [-0.15, -0.1) is 0 Å². The predicted octanol–water partition coefficient (Wildman–Crippen LogP) is 0.689. The molecule has 1 amide bonds. The highest BCUT2D eigenvalue weighted by Gasteiger charge is 2.14. The highest BCUT2D eigenvalue weighted by Crippen LogP contribution is 2.15. The van der Waals surface area contributed by atoms with Crippen molar-refractivity contribution in [3.8, 4) is 0 Å². The van der Waals surface area contributed by atoms with E-state index in [1.807, 2.05) is 20.8 Å². The van der Waals surface area contributed by atoms with E-state index in [1.165, 1.54) is 12.1 Å². The molecule has 1 aromatic heterocycles. The Morgan fingerprint density at radius 3 is 2.53 bits per heavy atom. The third kappa shape index (κ3) is 4.82. The van der Waals surface area contributed by atoms with Gasteiger partial charge in [0.05, 0.1) is 12.2 Å². The summed E-state index contributed by atoms with van der Waals surface area (Å²) in [6.45, 7) is 5.56. The normalized spacial score (nSPS) is 10.9. The molecule has 1 rings (SSSR count). The number of rotatable bonds is 4. The van der Waals surface area contributed by atoms with Gasteiger partial charge in [-0.05, 0) is 32.9 Å². The summed E-state index contributed by atoms with van der Waals surface area (Å²) >= 11 is 0. The van der Waals surface area contributed by atoms with Gasteiger partial charge in [-0.1, -0.05) is 0 Å². The lowest BCUT2D eigenvalue weighted by atomic mass is 10.1. The van der Waals surface area contributed by atoms with Crippen LogP contribution >= 0.6 is 0 Å². The molecule has 0 fully saturated rings. The summed E-state index contributed by atoms with van der Waals surface area (Å²) in [5.74, 6) is -1.19. The van der Waals surface area contributed by atoms with Crippen LogP contribution in [0.1, 0.15) is 31.3 Å². The molecule has 0 bridgehead atoms. The Balaban J connectivity index is 2.70. The predicted molar refractivity (Wildman–Crippen MR) is 72.0 cm³/mol. The molecule has 0 aliphatic carbocycles. The number of carboxylic acids is 1. The molecule has 1 heterocycles. The quantitative estimate of drug-likeness (QED) is 0.637. The topological polar surface area (TPSA) is 117 Å². The molecular formula is C12H18N4O3. The van der Waals surface area contributed by atoms with Gasteiger partial charge in [-0.3, -0.25) is 4.79 Å². The summed E-state index contributed by atoms with van der Waals surface area (Å²) in [7, 11) is 0. The Kier molecular flexibility index (Phi) is 4.31. The van der Waals surface area contributed by atoms with Gasteiger partial charge in [0.1, 0.15) is 0 Å². The number of aromatic nitrogens is 1. The maximum absolute atomic E-state index is 11.6. The van der Waals surface area contributed by atoms with Crippen molar-refractivity contribution in [2.24, 2.45) is 0 Å². The number of aromatic carboxylic acids is 1. The Morgan fingerprint density at radius 1 is 1.37 bits per heavy atom. The number of nitrogen functional groups attached to an aromatic ring is 1. The van der Waals surface area contributed by atoms with E-state index in [4.69, 9.17) is 10.8 Å². The van der Waals surface area contributed by atoms with Crippen molar-refractivity contribution in [2.45, 2.75) is 26.3 Å². The summed E-state index contributed by atoms with van der Waals surface area (Å²) in [4.78, 5) is 26.2. The highest BCUT2D eigenvalue weighted by molar-refractivity contribution is 5.87. The number of pyridine rings is 1. The van der Waals surface area contributed by atoms with Crippen molar-refractivity contribution in [3.63, 3.8) is 0 Å². The zero-order chi connectivity index (χ0) is 14.6. The Labute approximate surface area is 111 Å². The van der Waals surface area contributed by atoms with Crippen molar-refractivity contribution in [1.29, 1.82) is 0 Å². The number of amides is 1. The lowest BCUT2D eigenvalue weighted by Crippen LogP contribution is -2.43. The minimum absolute atomic E-state index is 0.0302. The van der Waals surface area contributed by atoms with E-state index in [-0.39, 0.29) is 35.2 Å². The first-order valence-corrected chi connectivity index (χ1v) is 5.74. The molecule has 7 nitrogen and oxygen atoms in total. The van der Waals surface area contributed by atoms with Gasteiger partial charge in [-0.25, -0.2) is 9.78 Å². The maximum atomic E-state index is 11.6. The van der Waals surface area contributed by atoms with Crippen molar-refractivity contribution in [2.75, 3.05) is 17.6 Å². The number of nitrogens with one attached hydrogen (secondary N) is 2. The second kappa shape index (κ2) is 5.55. The number of hydrogen-bond donors (Lipinski definition) is 4. The molecular weight excluding hydrogens is 248 g/mol. The van der Waals surface area contributed by atoms with Crippen LogP contribution in [0.5, 0.6) is 0 Å². The fraction of sp³-hybridized carbons (Fsp3) is 0.417. The van der Waals surface area contributed by atoms with E-state index in [0.717, 1.165) is 0 Å². The fourth-order valence-electron chi connectivity index (χ4n) is 1.36. The van der Waals surface area contributed by atoms with Crippen LogP contribution in [0.3, 0.4) is 0 Å². The number of anilines is 2. The third-order valence-electron chi connectivity index (χ3n) is 2.08. The molecule has 0 aliphatic rings. The standard InChI is InChI=1S/C12H18N4O3/c1-12(2,3)16-9(17)6-14-10-7(13)4-5-8(15-10)11(18)19/h4-5H,6,13H2,1-3H3,(H,14,15)(H,16,17)(H,18,19). The number of carboxylic acid groups (broad SMARTS) is 1.